The highest BCUT2D eigenvalue weighted by molar-refractivity contribution is 6.01. The van der Waals surface area contributed by atoms with Crippen LogP contribution in [0.5, 0.6) is 5.75 Å². The zero-order valence-corrected chi connectivity index (χ0v) is 15.8. The number of hydrogen-bond acceptors (Lipinski definition) is 4. The van der Waals surface area contributed by atoms with Gasteiger partial charge in [0.1, 0.15) is 5.75 Å². The van der Waals surface area contributed by atoms with Gasteiger partial charge in [-0.25, -0.2) is 0 Å². The molecule has 1 aliphatic heterocycles. The third-order valence-corrected chi connectivity index (χ3v) is 4.56. The molecular weight excluding hydrogens is 318 g/mol. The van der Waals surface area contributed by atoms with Crippen molar-refractivity contribution >= 4 is 23.2 Å². The summed E-state index contributed by atoms with van der Waals surface area (Å²) < 4.78 is 5.71. The van der Waals surface area contributed by atoms with Crippen molar-refractivity contribution in [3.05, 3.63) is 18.2 Å². The second kappa shape index (κ2) is 8.34. The van der Waals surface area contributed by atoms with Crippen molar-refractivity contribution in [3.8, 4) is 5.75 Å². The molecule has 138 valence electrons. The lowest BCUT2D eigenvalue weighted by atomic mass is 10.0. The number of nitrogens with zero attached hydrogens (tertiary/aromatic N) is 2. The monoisotopic (exact) mass is 347 g/mol. The van der Waals surface area contributed by atoms with Gasteiger partial charge in [0.2, 0.25) is 5.91 Å². The van der Waals surface area contributed by atoms with Crippen LogP contribution in [0.15, 0.2) is 18.2 Å². The van der Waals surface area contributed by atoms with Crippen LogP contribution in [-0.4, -0.2) is 50.0 Å². The number of likely N-dealkylation sites (N-methyl/N-ethyl adjacent to an activating group) is 1. The van der Waals surface area contributed by atoms with Gasteiger partial charge < -0.3 is 19.9 Å². The van der Waals surface area contributed by atoms with E-state index in [1.165, 1.54) is 0 Å². The Morgan fingerprint density at radius 3 is 2.60 bits per heavy atom. The molecule has 0 saturated heterocycles. The van der Waals surface area contributed by atoms with Crippen molar-refractivity contribution in [2.75, 3.05) is 37.4 Å². The highest BCUT2D eigenvalue weighted by Crippen LogP contribution is 2.36. The van der Waals surface area contributed by atoms with Crippen molar-refractivity contribution in [2.24, 2.45) is 5.92 Å². The zero-order chi connectivity index (χ0) is 18.6. The third-order valence-electron chi connectivity index (χ3n) is 4.56. The topological polar surface area (TPSA) is 61.9 Å². The molecule has 0 saturated carbocycles. The summed E-state index contributed by atoms with van der Waals surface area (Å²) in [5.74, 6) is 0.629. The molecule has 1 aromatic rings. The molecule has 0 fully saturated rings. The van der Waals surface area contributed by atoms with Gasteiger partial charge in [-0.15, -0.1) is 0 Å². The first-order valence-corrected chi connectivity index (χ1v) is 8.95. The number of amides is 2. The molecular formula is C19H29N3O3. The number of hydrogen-bond donors (Lipinski definition) is 1. The Morgan fingerprint density at radius 2 is 2.00 bits per heavy atom. The molecule has 0 bridgehead atoms. The maximum absolute atomic E-state index is 12.5. The standard InChI is InChI=1S/C19H29N3O3/c1-6-14(7-2)18(23)20-15-8-9-17-16(12-15)22(11-10-21(4)5)19(24)13(3)25-17/h8-9,12-14H,6-7,10-11H2,1-5H3,(H,20,23). The fourth-order valence-electron chi connectivity index (χ4n) is 2.92. The van der Waals surface area contributed by atoms with Gasteiger partial charge >= 0.3 is 0 Å². The number of carbonyl (C=O) groups is 2. The summed E-state index contributed by atoms with van der Waals surface area (Å²) in [5.41, 5.74) is 1.41. The summed E-state index contributed by atoms with van der Waals surface area (Å²) in [4.78, 5) is 28.6. The van der Waals surface area contributed by atoms with E-state index in [1.807, 2.05) is 51.0 Å². The molecule has 1 unspecified atom stereocenters. The molecule has 0 aliphatic carbocycles. The molecule has 2 amide bonds. The van der Waals surface area contributed by atoms with Crippen molar-refractivity contribution in [1.82, 2.24) is 4.90 Å². The molecule has 0 spiro atoms. The number of nitrogens with one attached hydrogen (secondary N) is 1. The SMILES string of the molecule is CCC(CC)C(=O)Nc1ccc2c(c1)N(CCN(C)C)C(=O)C(C)O2. The van der Waals surface area contributed by atoms with Gasteiger partial charge in [-0.05, 0) is 52.1 Å². The largest absolute Gasteiger partial charge is 0.479 e. The van der Waals surface area contributed by atoms with Crippen LogP contribution in [0.25, 0.3) is 0 Å². The van der Waals surface area contributed by atoms with E-state index in [0.717, 1.165) is 19.4 Å². The molecule has 1 aromatic carbocycles. The number of anilines is 2. The second-order valence-corrected chi connectivity index (χ2v) is 6.74. The Balaban J connectivity index is 2.25. The van der Waals surface area contributed by atoms with Crippen LogP contribution >= 0.6 is 0 Å². The zero-order valence-electron chi connectivity index (χ0n) is 15.8. The second-order valence-electron chi connectivity index (χ2n) is 6.74. The van der Waals surface area contributed by atoms with Crippen molar-refractivity contribution in [1.29, 1.82) is 0 Å². The maximum atomic E-state index is 12.5. The van der Waals surface area contributed by atoms with Crippen molar-refractivity contribution in [3.63, 3.8) is 0 Å². The van der Waals surface area contributed by atoms with Crippen LogP contribution in [0.4, 0.5) is 11.4 Å². The Kier molecular flexibility index (Phi) is 6.42. The molecule has 1 atom stereocenters. The Bertz CT molecular complexity index is 626. The fourth-order valence-corrected chi connectivity index (χ4v) is 2.92. The summed E-state index contributed by atoms with van der Waals surface area (Å²) in [7, 11) is 3.95. The number of carbonyl (C=O) groups excluding carboxylic acids is 2. The van der Waals surface area contributed by atoms with Crippen LogP contribution < -0.4 is 15.0 Å². The average molecular weight is 347 g/mol. The molecule has 0 aromatic heterocycles. The lowest BCUT2D eigenvalue weighted by Crippen LogP contribution is -2.46. The molecule has 0 radical (unpaired) electrons. The van der Waals surface area contributed by atoms with Gasteiger partial charge in [0, 0.05) is 24.7 Å². The highest BCUT2D eigenvalue weighted by atomic mass is 16.5. The Morgan fingerprint density at radius 1 is 1.32 bits per heavy atom. The van der Waals surface area contributed by atoms with E-state index in [0.29, 0.717) is 23.7 Å². The number of rotatable bonds is 7. The predicted molar refractivity (Wildman–Crippen MR) is 100 cm³/mol. The molecule has 1 N–H and O–H groups in total. The maximum Gasteiger partial charge on any atom is 0.267 e. The fraction of sp³-hybridized carbons (Fsp3) is 0.579. The lowest BCUT2D eigenvalue weighted by molar-refractivity contribution is -0.125. The average Bonchev–Trinajstić information content (AvgIpc) is 2.56. The van der Waals surface area contributed by atoms with E-state index in [1.54, 1.807) is 11.8 Å². The third kappa shape index (κ3) is 4.51. The van der Waals surface area contributed by atoms with E-state index < -0.39 is 6.10 Å². The van der Waals surface area contributed by atoms with Gasteiger partial charge in [-0.3, -0.25) is 9.59 Å². The van der Waals surface area contributed by atoms with Crippen molar-refractivity contribution in [2.45, 2.75) is 39.7 Å². The van der Waals surface area contributed by atoms with Gasteiger partial charge in [-0.2, -0.15) is 0 Å². The smallest absolute Gasteiger partial charge is 0.267 e. The minimum atomic E-state index is -0.500. The normalized spacial score (nSPS) is 16.8. The first-order chi connectivity index (χ1) is 11.9. The number of benzene rings is 1. The molecule has 6 nitrogen and oxygen atoms in total. The Hall–Kier alpha value is -2.08. The molecule has 6 heteroatoms. The summed E-state index contributed by atoms with van der Waals surface area (Å²) in [6.07, 6.45) is 1.11. The minimum absolute atomic E-state index is 0.00113. The summed E-state index contributed by atoms with van der Waals surface area (Å²) in [6, 6.07) is 5.48. The van der Waals surface area contributed by atoms with Crippen LogP contribution in [0.1, 0.15) is 33.6 Å². The van der Waals surface area contributed by atoms with E-state index in [-0.39, 0.29) is 17.7 Å². The molecule has 25 heavy (non-hydrogen) atoms. The minimum Gasteiger partial charge on any atom is -0.479 e. The Labute approximate surface area is 150 Å². The summed E-state index contributed by atoms with van der Waals surface area (Å²) in [6.45, 7) is 7.12. The van der Waals surface area contributed by atoms with Crippen molar-refractivity contribution < 1.29 is 14.3 Å². The quantitative estimate of drug-likeness (QED) is 0.824. The van der Waals surface area contributed by atoms with E-state index in [9.17, 15) is 9.59 Å². The van der Waals surface area contributed by atoms with Gasteiger partial charge in [0.25, 0.3) is 5.91 Å². The van der Waals surface area contributed by atoms with Crippen LogP contribution in [0, 0.1) is 5.92 Å². The molecule has 2 rings (SSSR count). The lowest BCUT2D eigenvalue weighted by Gasteiger charge is -2.34. The van der Waals surface area contributed by atoms with E-state index >= 15 is 0 Å². The summed E-state index contributed by atoms with van der Waals surface area (Å²) >= 11 is 0. The van der Waals surface area contributed by atoms with E-state index in [2.05, 4.69) is 5.32 Å². The molecule has 1 heterocycles. The van der Waals surface area contributed by atoms with Gasteiger partial charge in [0.15, 0.2) is 6.10 Å². The van der Waals surface area contributed by atoms with Gasteiger partial charge in [-0.1, -0.05) is 13.8 Å². The van der Waals surface area contributed by atoms with Crippen LogP contribution in [0.3, 0.4) is 0 Å². The van der Waals surface area contributed by atoms with E-state index in [4.69, 9.17) is 4.74 Å². The van der Waals surface area contributed by atoms with Crippen LogP contribution in [0.2, 0.25) is 0 Å². The van der Waals surface area contributed by atoms with Gasteiger partial charge in [0.05, 0.1) is 5.69 Å². The highest BCUT2D eigenvalue weighted by Gasteiger charge is 2.31. The first kappa shape index (κ1) is 19.2. The summed E-state index contributed by atoms with van der Waals surface area (Å²) in [5, 5.41) is 2.96. The number of ether oxygens (including phenoxy) is 1. The first-order valence-electron chi connectivity index (χ1n) is 8.95. The number of fused-ring (bicyclic) bond motifs is 1. The molecule has 1 aliphatic rings. The predicted octanol–water partition coefficient (Wildman–Crippen LogP) is 2.74. The van der Waals surface area contributed by atoms with Crippen LogP contribution in [-0.2, 0) is 9.59 Å².